The Bertz CT molecular complexity index is 539. The number of hydrogen-bond acceptors (Lipinski definition) is 4. The summed E-state index contributed by atoms with van der Waals surface area (Å²) in [6.45, 7) is 2.10. The molecule has 0 saturated heterocycles. The molecule has 0 fully saturated rings. The van der Waals surface area contributed by atoms with Gasteiger partial charge in [-0.15, -0.1) is 11.3 Å². The van der Waals surface area contributed by atoms with E-state index in [4.69, 9.17) is 15.6 Å². The van der Waals surface area contributed by atoms with Gasteiger partial charge in [0.1, 0.15) is 11.9 Å². The number of aliphatic hydroxyl groups excluding tert-OH is 1. The minimum absolute atomic E-state index is 0.0994. The van der Waals surface area contributed by atoms with Crippen LogP contribution in [0.1, 0.15) is 23.5 Å². The van der Waals surface area contributed by atoms with Gasteiger partial charge < -0.3 is 15.6 Å². The van der Waals surface area contributed by atoms with Crippen molar-refractivity contribution in [3.63, 3.8) is 0 Å². The summed E-state index contributed by atoms with van der Waals surface area (Å²) in [6.07, 6.45) is 0.504. The summed E-state index contributed by atoms with van der Waals surface area (Å²) in [5, 5.41) is 10.9. The van der Waals surface area contributed by atoms with E-state index < -0.39 is 0 Å². The largest absolute Gasteiger partial charge is 0.483 e. The normalized spacial score (nSPS) is 14.0. The van der Waals surface area contributed by atoms with Crippen LogP contribution in [0.3, 0.4) is 0 Å². The van der Waals surface area contributed by atoms with Gasteiger partial charge in [-0.05, 0) is 53.0 Å². The molecule has 0 amide bonds. The number of halogens is 1. The van der Waals surface area contributed by atoms with Gasteiger partial charge in [0, 0.05) is 27.4 Å². The van der Waals surface area contributed by atoms with Crippen LogP contribution in [0, 0.1) is 0 Å². The van der Waals surface area contributed by atoms with Crippen molar-refractivity contribution < 1.29 is 9.84 Å². The number of hydrogen-bond donors (Lipinski definition) is 2. The van der Waals surface area contributed by atoms with E-state index in [-0.39, 0.29) is 18.8 Å². The van der Waals surface area contributed by atoms with E-state index in [1.165, 1.54) is 0 Å². The maximum Gasteiger partial charge on any atom is 0.148 e. The standard InChI is InChI=1S/C15H18BrNO2S/c1-10(17)15(14-8-12(16)9-20-14)19-13-4-2-11(3-5-13)6-7-18/h2-5,8-10,15,18H,6-7,17H2,1H3. The van der Waals surface area contributed by atoms with Crippen LogP contribution in [0.2, 0.25) is 0 Å². The third kappa shape index (κ3) is 4.06. The predicted octanol–water partition coefficient (Wildman–Crippen LogP) is 3.51. The molecule has 0 aliphatic heterocycles. The van der Waals surface area contributed by atoms with Gasteiger partial charge in [0.25, 0.3) is 0 Å². The number of nitrogens with two attached hydrogens (primary N) is 1. The lowest BCUT2D eigenvalue weighted by Gasteiger charge is -2.21. The molecule has 0 spiro atoms. The summed E-state index contributed by atoms with van der Waals surface area (Å²) >= 11 is 5.08. The number of rotatable bonds is 6. The molecule has 1 heterocycles. The van der Waals surface area contributed by atoms with Crippen LogP contribution in [0.15, 0.2) is 40.2 Å². The highest BCUT2D eigenvalue weighted by atomic mass is 79.9. The SMILES string of the molecule is CC(N)C(Oc1ccc(CCO)cc1)c1cc(Br)cs1. The summed E-state index contributed by atoms with van der Waals surface area (Å²) in [5.74, 6) is 0.790. The average molecular weight is 356 g/mol. The topological polar surface area (TPSA) is 55.5 Å². The van der Waals surface area contributed by atoms with Gasteiger partial charge in [-0.3, -0.25) is 0 Å². The van der Waals surface area contributed by atoms with Crippen LogP contribution < -0.4 is 10.5 Å². The van der Waals surface area contributed by atoms with Gasteiger partial charge in [-0.25, -0.2) is 0 Å². The van der Waals surface area contributed by atoms with Crippen molar-refractivity contribution in [1.82, 2.24) is 0 Å². The fourth-order valence-electron chi connectivity index (χ4n) is 1.91. The Kier molecular flexibility index (Phi) is 5.60. The zero-order valence-electron chi connectivity index (χ0n) is 11.3. The summed E-state index contributed by atoms with van der Waals surface area (Å²) < 4.78 is 7.06. The van der Waals surface area contributed by atoms with E-state index in [1.54, 1.807) is 11.3 Å². The summed E-state index contributed by atoms with van der Waals surface area (Å²) in [4.78, 5) is 1.10. The van der Waals surface area contributed by atoms with Gasteiger partial charge in [-0.2, -0.15) is 0 Å². The molecule has 2 rings (SSSR count). The molecule has 0 bridgehead atoms. The van der Waals surface area contributed by atoms with E-state index in [0.717, 1.165) is 20.7 Å². The quantitative estimate of drug-likeness (QED) is 0.833. The zero-order chi connectivity index (χ0) is 14.5. The van der Waals surface area contributed by atoms with E-state index in [0.29, 0.717) is 6.42 Å². The van der Waals surface area contributed by atoms with Crippen LogP contribution in [0.5, 0.6) is 5.75 Å². The molecule has 0 aliphatic carbocycles. The van der Waals surface area contributed by atoms with E-state index >= 15 is 0 Å². The van der Waals surface area contributed by atoms with Gasteiger partial charge in [0.15, 0.2) is 0 Å². The first kappa shape index (κ1) is 15.5. The highest BCUT2D eigenvalue weighted by Gasteiger charge is 2.20. The number of thiophene rings is 1. The lowest BCUT2D eigenvalue weighted by Crippen LogP contribution is -2.28. The molecule has 0 radical (unpaired) electrons. The highest BCUT2D eigenvalue weighted by Crippen LogP contribution is 2.31. The third-order valence-electron chi connectivity index (χ3n) is 2.93. The maximum absolute atomic E-state index is 8.91. The number of benzene rings is 1. The Morgan fingerprint density at radius 2 is 2.05 bits per heavy atom. The second-order valence-electron chi connectivity index (χ2n) is 4.68. The minimum atomic E-state index is -0.157. The maximum atomic E-state index is 8.91. The number of ether oxygens (including phenoxy) is 1. The first-order valence-electron chi connectivity index (χ1n) is 6.46. The van der Waals surface area contributed by atoms with Gasteiger partial charge in [-0.1, -0.05) is 12.1 Å². The van der Waals surface area contributed by atoms with Crippen molar-refractivity contribution >= 4 is 27.3 Å². The van der Waals surface area contributed by atoms with Crippen molar-refractivity contribution in [3.05, 3.63) is 50.6 Å². The molecule has 2 unspecified atom stereocenters. The molecule has 5 heteroatoms. The van der Waals surface area contributed by atoms with Crippen LogP contribution in [0.4, 0.5) is 0 Å². The number of aliphatic hydroxyl groups is 1. The molecule has 108 valence electrons. The van der Waals surface area contributed by atoms with Gasteiger partial charge in [0.05, 0.1) is 0 Å². The summed E-state index contributed by atoms with van der Waals surface area (Å²) in [7, 11) is 0. The summed E-state index contributed by atoms with van der Waals surface area (Å²) in [5.41, 5.74) is 7.13. The average Bonchev–Trinajstić information content (AvgIpc) is 2.84. The van der Waals surface area contributed by atoms with Crippen molar-refractivity contribution in [2.45, 2.75) is 25.5 Å². The molecule has 1 aromatic carbocycles. The molecule has 2 atom stereocenters. The predicted molar refractivity (Wildman–Crippen MR) is 86.3 cm³/mol. The Balaban J connectivity index is 2.12. The smallest absolute Gasteiger partial charge is 0.148 e. The van der Waals surface area contributed by atoms with Crippen molar-refractivity contribution in [3.8, 4) is 5.75 Å². The molecule has 3 N–H and O–H groups in total. The van der Waals surface area contributed by atoms with Crippen LogP contribution in [-0.4, -0.2) is 17.8 Å². The first-order chi connectivity index (χ1) is 9.60. The zero-order valence-corrected chi connectivity index (χ0v) is 13.7. The molecule has 20 heavy (non-hydrogen) atoms. The molecule has 2 aromatic rings. The van der Waals surface area contributed by atoms with Gasteiger partial charge >= 0.3 is 0 Å². The molecular weight excluding hydrogens is 338 g/mol. The molecular formula is C15H18BrNO2S. The lowest BCUT2D eigenvalue weighted by atomic mass is 10.1. The van der Waals surface area contributed by atoms with Crippen molar-refractivity contribution in [1.29, 1.82) is 0 Å². The Morgan fingerprint density at radius 3 is 2.55 bits per heavy atom. The van der Waals surface area contributed by atoms with E-state index in [2.05, 4.69) is 15.9 Å². The monoisotopic (exact) mass is 355 g/mol. The fourth-order valence-corrected chi connectivity index (χ4v) is 3.50. The fraction of sp³-hybridized carbons (Fsp3) is 0.333. The first-order valence-corrected chi connectivity index (χ1v) is 8.13. The minimum Gasteiger partial charge on any atom is -0.483 e. The molecule has 1 aromatic heterocycles. The Hall–Kier alpha value is -0.880. The van der Waals surface area contributed by atoms with Crippen molar-refractivity contribution in [2.24, 2.45) is 5.73 Å². The summed E-state index contributed by atoms with van der Waals surface area (Å²) in [6, 6.07) is 9.71. The van der Waals surface area contributed by atoms with E-state index in [1.807, 2.05) is 42.6 Å². The highest BCUT2D eigenvalue weighted by molar-refractivity contribution is 9.10. The molecule has 0 aliphatic rings. The van der Waals surface area contributed by atoms with Gasteiger partial charge in [0.2, 0.25) is 0 Å². The third-order valence-corrected chi connectivity index (χ3v) is 4.69. The van der Waals surface area contributed by atoms with Crippen molar-refractivity contribution in [2.75, 3.05) is 6.61 Å². The van der Waals surface area contributed by atoms with Crippen LogP contribution in [0.25, 0.3) is 0 Å². The molecule has 0 saturated carbocycles. The second kappa shape index (κ2) is 7.22. The van der Waals surface area contributed by atoms with Crippen LogP contribution in [-0.2, 0) is 6.42 Å². The Labute approximate surface area is 131 Å². The second-order valence-corrected chi connectivity index (χ2v) is 6.54. The van der Waals surface area contributed by atoms with E-state index in [9.17, 15) is 0 Å². The Morgan fingerprint density at radius 1 is 1.35 bits per heavy atom. The van der Waals surface area contributed by atoms with Crippen LogP contribution >= 0.6 is 27.3 Å². The lowest BCUT2D eigenvalue weighted by molar-refractivity contribution is 0.184. The molecule has 3 nitrogen and oxygen atoms in total.